The maximum atomic E-state index is 12.7. The van der Waals surface area contributed by atoms with Gasteiger partial charge in [0.25, 0.3) is 11.8 Å². The minimum absolute atomic E-state index is 0.133. The summed E-state index contributed by atoms with van der Waals surface area (Å²) >= 11 is 0. The van der Waals surface area contributed by atoms with Gasteiger partial charge in [-0.1, -0.05) is 18.2 Å². The van der Waals surface area contributed by atoms with Crippen LogP contribution in [-0.4, -0.2) is 67.7 Å². The van der Waals surface area contributed by atoms with Crippen molar-refractivity contribution in [1.29, 1.82) is 0 Å². The fourth-order valence-corrected chi connectivity index (χ4v) is 11.1. The van der Waals surface area contributed by atoms with E-state index in [1.54, 1.807) is 36.8 Å². The summed E-state index contributed by atoms with van der Waals surface area (Å²) in [7, 11) is 0. The van der Waals surface area contributed by atoms with Crippen LogP contribution in [0.5, 0.6) is 0 Å². The molecule has 0 saturated heterocycles. The van der Waals surface area contributed by atoms with Gasteiger partial charge in [-0.15, -0.1) is 0 Å². The first-order chi connectivity index (χ1) is 43.6. The van der Waals surface area contributed by atoms with E-state index in [0.29, 0.717) is 67.5 Å². The number of nitrogens with zero attached hydrogens (tertiary/aromatic N) is 6. The van der Waals surface area contributed by atoms with Crippen molar-refractivity contribution in [3.05, 3.63) is 264 Å². The lowest BCUT2D eigenvalue weighted by molar-refractivity contribution is 0.0696. The van der Waals surface area contributed by atoms with Crippen molar-refractivity contribution < 1.29 is 19.5 Å². The average Bonchev–Trinajstić information content (AvgIpc) is 1.89. The van der Waals surface area contributed by atoms with Crippen LogP contribution in [0.4, 0.5) is 17.5 Å². The number of aryl methyl sites for hydroxylation is 9. The molecule has 0 aliphatic carbocycles. The number of rotatable bonds is 14. The Morgan fingerprint density at radius 1 is 0.418 bits per heavy atom. The van der Waals surface area contributed by atoms with Crippen LogP contribution < -0.4 is 33.6 Å². The van der Waals surface area contributed by atoms with Gasteiger partial charge in [0.2, 0.25) is 0 Å². The first-order valence-corrected chi connectivity index (χ1v) is 29.8. The number of carboxylic acids is 1. The fraction of sp³-hybridized carbons (Fsp3) is 0.208. The van der Waals surface area contributed by atoms with Crippen LogP contribution in [0.1, 0.15) is 132 Å². The molecular weight excluding hydrogens is 1140 g/mol. The summed E-state index contributed by atoms with van der Waals surface area (Å²) in [6.45, 7) is 19.3. The molecule has 0 unspecified atom stereocenters. The highest BCUT2D eigenvalue weighted by molar-refractivity contribution is 5.95. The van der Waals surface area contributed by atoms with Gasteiger partial charge in [0.1, 0.15) is 17.5 Å². The van der Waals surface area contributed by atoms with Crippen molar-refractivity contribution in [1.82, 2.24) is 55.5 Å². The first kappa shape index (κ1) is 64.4. The lowest BCUT2D eigenvalue weighted by Gasteiger charge is -2.12. The third kappa shape index (κ3) is 16.4. The number of nitrogens with two attached hydrogens (primary N) is 4. The molecule has 3 aromatic carbocycles. The van der Waals surface area contributed by atoms with E-state index in [1.165, 1.54) is 38.9 Å². The first-order valence-electron chi connectivity index (χ1n) is 29.8. The highest BCUT2D eigenvalue weighted by Crippen LogP contribution is 2.25. The summed E-state index contributed by atoms with van der Waals surface area (Å²) in [5, 5.41) is 18.6. The second kappa shape index (κ2) is 28.8. The molecule has 19 heteroatoms. The van der Waals surface area contributed by atoms with E-state index in [0.717, 1.165) is 101 Å². The molecule has 14 N–H and O–H groups in total. The highest BCUT2D eigenvalue weighted by atomic mass is 16.4. The number of fused-ring (bicyclic) bond motifs is 3. The SMILES string of the molecule is Cc1c[nH]c2ccc(Cc3cc(C(=O)O)ccn3)cc12.Cc1cc(N)nc(C)c1CN.Cc1cc(N)nc(C)c1CNC(=O)c1ccnc(Cc2ccc3[nH]cc(C)c3c2)c1.Cc1cc(N)nc(C)c1CNC(=O)c1ccnc(Cc2ccc3[nH]cc(C)c3c2)c1. The molecule has 0 aliphatic heterocycles. The lowest BCUT2D eigenvalue weighted by Crippen LogP contribution is -2.24. The number of anilines is 3. The molecule has 0 spiro atoms. The van der Waals surface area contributed by atoms with Crippen molar-refractivity contribution in [3.63, 3.8) is 0 Å². The Hall–Kier alpha value is -11.1. The number of nitrogen functional groups attached to an aromatic ring is 3. The van der Waals surface area contributed by atoms with Crippen molar-refractivity contribution >= 4 is 67.9 Å². The van der Waals surface area contributed by atoms with Gasteiger partial charge in [-0.2, -0.15) is 0 Å². The van der Waals surface area contributed by atoms with Crippen LogP contribution in [0.25, 0.3) is 32.7 Å². The number of carbonyl (C=O) groups is 3. The normalized spacial score (nSPS) is 10.9. The molecule has 0 atom stereocenters. The topological polar surface area (TPSA) is 324 Å². The van der Waals surface area contributed by atoms with Crippen LogP contribution in [0.2, 0.25) is 0 Å². The van der Waals surface area contributed by atoms with E-state index in [2.05, 4.69) is 119 Å². The number of carboxylic acid groups (broad SMARTS) is 1. The number of aromatic nitrogens is 9. The molecule has 9 aromatic heterocycles. The van der Waals surface area contributed by atoms with Crippen LogP contribution in [-0.2, 0) is 38.9 Å². The number of aromatic amines is 3. The second-order valence-electron chi connectivity index (χ2n) is 22.9. The Kier molecular flexibility index (Phi) is 20.4. The van der Waals surface area contributed by atoms with E-state index in [9.17, 15) is 14.4 Å². The van der Waals surface area contributed by atoms with Gasteiger partial charge in [-0.05, 0) is 220 Å². The van der Waals surface area contributed by atoms with E-state index < -0.39 is 5.97 Å². The monoisotopic (exact) mass is 1220 g/mol. The number of H-pyrrole nitrogens is 3. The zero-order chi connectivity index (χ0) is 65.0. The van der Waals surface area contributed by atoms with Crippen LogP contribution >= 0.6 is 0 Å². The fourth-order valence-electron chi connectivity index (χ4n) is 11.1. The van der Waals surface area contributed by atoms with E-state index in [1.807, 2.05) is 103 Å². The predicted octanol–water partition coefficient (Wildman–Crippen LogP) is 11.9. The molecule has 0 radical (unpaired) electrons. The molecule has 19 nitrogen and oxygen atoms in total. The summed E-state index contributed by atoms with van der Waals surface area (Å²) in [6, 6.07) is 34.7. The Labute approximate surface area is 528 Å². The molecule has 2 amide bonds. The minimum atomic E-state index is -0.925. The van der Waals surface area contributed by atoms with Gasteiger partial charge in [0.05, 0.1) is 5.56 Å². The zero-order valence-corrected chi connectivity index (χ0v) is 52.8. The molecule has 91 heavy (non-hydrogen) atoms. The van der Waals surface area contributed by atoms with Crippen LogP contribution in [0.15, 0.2) is 146 Å². The third-order valence-electron chi connectivity index (χ3n) is 16.0. The Morgan fingerprint density at radius 2 is 0.736 bits per heavy atom. The number of benzene rings is 3. The summed E-state index contributed by atoms with van der Waals surface area (Å²) in [4.78, 5) is 71.9. The van der Waals surface area contributed by atoms with Gasteiger partial charge in [-0.25, -0.2) is 19.7 Å². The summed E-state index contributed by atoms with van der Waals surface area (Å²) < 4.78 is 0. The molecule has 0 aliphatic rings. The average molecular weight is 1220 g/mol. The molecular formula is C72H77N15O4. The number of hydrogen-bond acceptors (Lipinski definition) is 13. The number of pyridine rings is 6. The molecule has 12 aromatic rings. The number of aromatic carboxylic acids is 1. The standard InChI is InChI=1S/2C24H25N5O.C16H14N2O2.C8H13N3/c2*1-14-8-23(25)29-16(3)21(14)13-28-24(30)18-6-7-26-19(11-18)9-17-4-5-22-20(10-17)15(2)12-27-22;1-10-9-18-15-3-2-11(7-14(10)15)6-13-8-12(16(19)20)4-5-17-13;1-5-3-8(10)11-6(2)7(5)4-9/h2*4-8,10-12,27H,9,13H2,1-3H3,(H2,25,29)(H,28,30);2-5,7-9,18H,6H2,1H3,(H,19,20);3H,4,9H2,1-2H3,(H2,10,11). The van der Waals surface area contributed by atoms with Crippen LogP contribution in [0.3, 0.4) is 0 Å². The highest BCUT2D eigenvalue weighted by Gasteiger charge is 2.15. The number of carbonyl (C=O) groups excluding carboxylic acids is 2. The number of hydrogen-bond donors (Lipinski definition) is 10. The van der Waals surface area contributed by atoms with Gasteiger partial charge in [-0.3, -0.25) is 24.5 Å². The van der Waals surface area contributed by atoms with Gasteiger partial charge >= 0.3 is 5.97 Å². The molecule has 12 rings (SSSR count). The maximum absolute atomic E-state index is 12.7. The summed E-state index contributed by atoms with van der Waals surface area (Å²) in [6.07, 6.45) is 12.9. The van der Waals surface area contributed by atoms with E-state index in [-0.39, 0.29) is 17.4 Å². The Bertz CT molecular complexity index is 4370. The van der Waals surface area contributed by atoms with Gasteiger partial charge < -0.3 is 53.6 Å². The van der Waals surface area contributed by atoms with Crippen molar-refractivity contribution in [3.8, 4) is 0 Å². The lowest BCUT2D eigenvalue weighted by atomic mass is 10.0. The molecule has 0 saturated carbocycles. The molecule has 464 valence electrons. The smallest absolute Gasteiger partial charge is 0.335 e. The maximum Gasteiger partial charge on any atom is 0.335 e. The summed E-state index contributed by atoms with van der Waals surface area (Å²) in [5.74, 6) is 0.360. The number of nitrogens with one attached hydrogen (secondary N) is 5. The molecule has 9 heterocycles. The van der Waals surface area contributed by atoms with Gasteiger partial charge in [0.15, 0.2) is 0 Å². The molecule has 0 fully saturated rings. The molecule has 0 bridgehead atoms. The van der Waals surface area contributed by atoms with Crippen molar-refractivity contribution in [2.24, 2.45) is 5.73 Å². The number of amides is 2. The van der Waals surface area contributed by atoms with E-state index >= 15 is 0 Å². The minimum Gasteiger partial charge on any atom is -0.478 e. The quantitative estimate of drug-likeness (QED) is 0.0484. The van der Waals surface area contributed by atoms with Crippen molar-refractivity contribution in [2.75, 3.05) is 17.2 Å². The summed E-state index contributed by atoms with van der Waals surface area (Å²) in [5.41, 5.74) is 45.8. The second-order valence-corrected chi connectivity index (χ2v) is 22.9. The largest absolute Gasteiger partial charge is 0.478 e. The van der Waals surface area contributed by atoms with E-state index in [4.69, 9.17) is 28.0 Å². The van der Waals surface area contributed by atoms with Gasteiger partial charge in [0, 0.05) is 154 Å². The van der Waals surface area contributed by atoms with Crippen LogP contribution in [0, 0.1) is 62.3 Å². The predicted molar refractivity (Wildman–Crippen MR) is 362 cm³/mol. The Balaban J connectivity index is 0.000000151. The van der Waals surface area contributed by atoms with Crippen molar-refractivity contribution in [2.45, 2.75) is 101 Å². The Morgan fingerprint density at radius 3 is 1.05 bits per heavy atom. The zero-order valence-electron chi connectivity index (χ0n) is 52.8. The third-order valence-corrected chi connectivity index (χ3v) is 16.0.